The van der Waals surface area contributed by atoms with Crippen LogP contribution in [-0.2, 0) is 13.5 Å². The highest BCUT2D eigenvalue weighted by Gasteiger charge is 2.14. The van der Waals surface area contributed by atoms with Gasteiger partial charge in [-0.05, 0) is 6.42 Å². The molecule has 2 N–H and O–H groups in total. The van der Waals surface area contributed by atoms with Crippen LogP contribution in [-0.4, -0.2) is 14.9 Å². The van der Waals surface area contributed by atoms with Gasteiger partial charge in [-0.3, -0.25) is 4.68 Å². The summed E-state index contributed by atoms with van der Waals surface area (Å²) >= 11 is 0. The smallest absolute Gasteiger partial charge is 0.225 e. The van der Waals surface area contributed by atoms with Crippen molar-refractivity contribution in [1.82, 2.24) is 14.9 Å². The Morgan fingerprint density at radius 3 is 2.93 bits per heavy atom. The molecule has 0 bridgehead atoms. The van der Waals surface area contributed by atoms with Gasteiger partial charge >= 0.3 is 0 Å². The Kier molecular flexibility index (Phi) is 1.99. The third-order valence-corrected chi connectivity index (χ3v) is 2.15. The van der Waals surface area contributed by atoms with Crippen LogP contribution in [0.2, 0.25) is 0 Å². The number of aromatic nitrogens is 3. The molecule has 0 fully saturated rings. The molecule has 2 aromatic rings. The van der Waals surface area contributed by atoms with Crippen molar-refractivity contribution in [2.24, 2.45) is 7.05 Å². The van der Waals surface area contributed by atoms with E-state index in [1.54, 1.807) is 10.9 Å². The minimum atomic E-state index is 0.395. The zero-order valence-corrected chi connectivity index (χ0v) is 8.19. The second-order valence-corrected chi connectivity index (χ2v) is 3.13. The van der Waals surface area contributed by atoms with Gasteiger partial charge in [0.2, 0.25) is 5.88 Å². The Morgan fingerprint density at radius 1 is 1.57 bits per heavy atom. The topological polar surface area (TPSA) is 69.9 Å². The van der Waals surface area contributed by atoms with E-state index in [1.165, 1.54) is 0 Å². The van der Waals surface area contributed by atoms with Gasteiger partial charge in [0.05, 0.1) is 6.20 Å². The van der Waals surface area contributed by atoms with Gasteiger partial charge in [0.15, 0.2) is 0 Å². The molecule has 14 heavy (non-hydrogen) atoms. The van der Waals surface area contributed by atoms with Gasteiger partial charge in [-0.1, -0.05) is 12.1 Å². The summed E-state index contributed by atoms with van der Waals surface area (Å²) in [6.07, 6.45) is 4.44. The van der Waals surface area contributed by atoms with Crippen molar-refractivity contribution in [3.05, 3.63) is 18.0 Å². The Hall–Kier alpha value is -1.78. The Balaban J connectivity index is 2.51. The highest BCUT2D eigenvalue weighted by molar-refractivity contribution is 5.65. The summed E-state index contributed by atoms with van der Waals surface area (Å²) in [5.41, 5.74) is 8.31. The summed E-state index contributed by atoms with van der Waals surface area (Å²) in [6, 6.07) is 0. The fourth-order valence-corrected chi connectivity index (χ4v) is 1.43. The van der Waals surface area contributed by atoms with Crippen LogP contribution in [0.1, 0.15) is 12.5 Å². The van der Waals surface area contributed by atoms with E-state index in [2.05, 4.69) is 10.3 Å². The number of nitrogens with zero attached hydrogens (tertiary/aromatic N) is 3. The maximum Gasteiger partial charge on any atom is 0.225 e. The third-order valence-electron chi connectivity index (χ3n) is 2.15. The van der Waals surface area contributed by atoms with Crippen molar-refractivity contribution in [2.45, 2.75) is 13.3 Å². The van der Waals surface area contributed by atoms with E-state index in [0.29, 0.717) is 5.88 Å². The molecule has 0 saturated carbocycles. The molecule has 0 aliphatic rings. The first-order valence-electron chi connectivity index (χ1n) is 4.45. The monoisotopic (exact) mass is 192 g/mol. The Morgan fingerprint density at radius 2 is 2.36 bits per heavy atom. The molecule has 0 aromatic carbocycles. The van der Waals surface area contributed by atoms with Gasteiger partial charge in [0, 0.05) is 24.4 Å². The Bertz CT molecular complexity index is 443. The second kappa shape index (κ2) is 3.17. The van der Waals surface area contributed by atoms with Crippen molar-refractivity contribution < 1.29 is 4.52 Å². The van der Waals surface area contributed by atoms with Crippen LogP contribution in [0, 0.1) is 0 Å². The first kappa shape index (κ1) is 8.80. The molecular weight excluding hydrogens is 180 g/mol. The quantitative estimate of drug-likeness (QED) is 0.776. The summed E-state index contributed by atoms with van der Waals surface area (Å²) in [7, 11) is 1.86. The highest BCUT2D eigenvalue weighted by atomic mass is 16.5. The molecule has 2 rings (SSSR count). The normalized spacial score (nSPS) is 10.7. The SMILES string of the molecule is CCc1c(-c2cnn(C)c2)noc1N. The molecule has 5 heteroatoms. The first-order valence-corrected chi connectivity index (χ1v) is 4.45. The van der Waals surface area contributed by atoms with E-state index in [4.69, 9.17) is 10.3 Å². The van der Waals surface area contributed by atoms with Gasteiger partial charge < -0.3 is 10.3 Å². The van der Waals surface area contributed by atoms with Gasteiger partial charge in [-0.2, -0.15) is 5.10 Å². The van der Waals surface area contributed by atoms with E-state index in [0.717, 1.165) is 23.2 Å². The van der Waals surface area contributed by atoms with Crippen LogP contribution in [0.15, 0.2) is 16.9 Å². The lowest BCUT2D eigenvalue weighted by Crippen LogP contribution is -1.89. The molecule has 0 amide bonds. The lowest BCUT2D eigenvalue weighted by Gasteiger charge is -1.93. The number of anilines is 1. The molecule has 2 aromatic heterocycles. The molecule has 0 unspecified atom stereocenters. The number of rotatable bonds is 2. The average molecular weight is 192 g/mol. The van der Waals surface area contributed by atoms with Crippen molar-refractivity contribution in [3.8, 4) is 11.3 Å². The molecule has 0 aliphatic carbocycles. The van der Waals surface area contributed by atoms with E-state index < -0.39 is 0 Å². The molecule has 0 atom stereocenters. The molecular formula is C9H12N4O. The fourth-order valence-electron chi connectivity index (χ4n) is 1.43. The molecule has 0 aliphatic heterocycles. The molecule has 74 valence electrons. The zero-order chi connectivity index (χ0) is 10.1. The largest absolute Gasteiger partial charge is 0.367 e. The lowest BCUT2D eigenvalue weighted by atomic mass is 10.1. The summed E-state index contributed by atoms with van der Waals surface area (Å²) in [5, 5.41) is 7.99. The van der Waals surface area contributed by atoms with E-state index in [-0.39, 0.29) is 0 Å². The second-order valence-electron chi connectivity index (χ2n) is 3.13. The third kappa shape index (κ3) is 1.26. The van der Waals surface area contributed by atoms with Gasteiger partial charge in [0.1, 0.15) is 5.69 Å². The van der Waals surface area contributed by atoms with Crippen LogP contribution < -0.4 is 5.73 Å². The predicted molar refractivity (Wildman–Crippen MR) is 52.5 cm³/mol. The zero-order valence-electron chi connectivity index (χ0n) is 8.19. The number of aryl methyl sites for hydroxylation is 1. The number of nitrogens with two attached hydrogens (primary N) is 1. The van der Waals surface area contributed by atoms with Crippen LogP contribution >= 0.6 is 0 Å². The van der Waals surface area contributed by atoms with E-state index in [1.807, 2.05) is 20.2 Å². The van der Waals surface area contributed by atoms with Crippen LogP contribution in [0.5, 0.6) is 0 Å². The summed E-state index contributed by atoms with van der Waals surface area (Å²) < 4.78 is 6.66. The number of hydrogen-bond donors (Lipinski definition) is 1. The fraction of sp³-hybridized carbons (Fsp3) is 0.333. The molecule has 2 heterocycles. The number of hydrogen-bond acceptors (Lipinski definition) is 4. The molecule has 5 nitrogen and oxygen atoms in total. The van der Waals surface area contributed by atoms with Gasteiger partial charge in [0.25, 0.3) is 0 Å². The standard InChI is InChI=1S/C9H12N4O/c1-3-7-8(12-14-9(7)10)6-4-11-13(2)5-6/h4-5H,3,10H2,1-2H3. The highest BCUT2D eigenvalue weighted by Crippen LogP contribution is 2.26. The first-order chi connectivity index (χ1) is 6.72. The maximum atomic E-state index is 5.64. The summed E-state index contributed by atoms with van der Waals surface area (Å²) in [4.78, 5) is 0. The molecule has 0 saturated heterocycles. The lowest BCUT2D eigenvalue weighted by molar-refractivity contribution is 0.438. The average Bonchev–Trinajstić information content (AvgIpc) is 2.71. The van der Waals surface area contributed by atoms with Crippen molar-refractivity contribution >= 4 is 5.88 Å². The molecule has 0 spiro atoms. The summed E-state index contributed by atoms with van der Waals surface area (Å²) in [6.45, 7) is 2.02. The molecule has 0 radical (unpaired) electrons. The van der Waals surface area contributed by atoms with Crippen LogP contribution in [0.4, 0.5) is 5.88 Å². The van der Waals surface area contributed by atoms with Crippen molar-refractivity contribution in [1.29, 1.82) is 0 Å². The van der Waals surface area contributed by atoms with Crippen molar-refractivity contribution in [3.63, 3.8) is 0 Å². The predicted octanol–water partition coefficient (Wildman–Crippen LogP) is 1.22. The minimum Gasteiger partial charge on any atom is -0.367 e. The van der Waals surface area contributed by atoms with Gasteiger partial charge in [-0.25, -0.2) is 0 Å². The van der Waals surface area contributed by atoms with Crippen molar-refractivity contribution in [2.75, 3.05) is 5.73 Å². The maximum absolute atomic E-state index is 5.64. The van der Waals surface area contributed by atoms with Gasteiger partial charge in [-0.15, -0.1) is 0 Å². The number of nitrogen functional groups attached to an aromatic ring is 1. The van der Waals surface area contributed by atoms with Crippen LogP contribution in [0.25, 0.3) is 11.3 Å². The Labute approximate surface area is 81.5 Å². The van der Waals surface area contributed by atoms with E-state index >= 15 is 0 Å². The summed E-state index contributed by atoms with van der Waals surface area (Å²) in [5.74, 6) is 0.395. The van der Waals surface area contributed by atoms with Crippen LogP contribution in [0.3, 0.4) is 0 Å². The minimum absolute atomic E-state index is 0.395. The van der Waals surface area contributed by atoms with E-state index in [9.17, 15) is 0 Å².